The fourth-order valence-electron chi connectivity index (χ4n) is 1.89. The largest absolute Gasteiger partial charge is 0.321 e. The number of carbonyl (C=O) groups excluding carboxylic acids is 1. The second-order valence-corrected chi connectivity index (χ2v) is 5.02. The summed E-state index contributed by atoms with van der Waals surface area (Å²) in [6, 6.07) is 9.56. The fraction of sp³-hybridized carbons (Fsp3) is 0. The molecular weight excluding hydrogens is 325 g/mol. The van der Waals surface area contributed by atoms with E-state index in [9.17, 15) is 9.18 Å². The molecule has 3 aromatic rings. The average Bonchev–Trinajstić information content (AvgIpc) is 2.87. The quantitative estimate of drug-likeness (QED) is 0.780. The van der Waals surface area contributed by atoms with E-state index in [0.29, 0.717) is 21.2 Å². The first kappa shape index (κ1) is 12.8. The molecule has 4 nitrogen and oxygen atoms in total. The molecule has 0 aliphatic rings. The van der Waals surface area contributed by atoms with Crippen LogP contribution in [0.3, 0.4) is 0 Å². The molecule has 0 unspecified atom stereocenters. The molecule has 0 aliphatic heterocycles. The number of hydrogen-bond donors (Lipinski definition) is 1. The van der Waals surface area contributed by atoms with E-state index in [1.807, 2.05) is 12.1 Å². The third kappa shape index (κ3) is 2.30. The number of anilines is 1. The van der Waals surface area contributed by atoms with Gasteiger partial charge in [0.2, 0.25) is 0 Å². The normalized spacial score (nSPS) is 10.7. The monoisotopic (exact) mass is 333 g/mol. The Balaban J connectivity index is 1.95. The van der Waals surface area contributed by atoms with E-state index in [1.54, 1.807) is 22.8 Å². The number of nitrogens with one attached hydrogen (secondary N) is 1. The van der Waals surface area contributed by atoms with Crippen molar-refractivity contribution >= 4 is 33.0 Å². The van der Waals surface area contributed by atoms with Crippen molar-refractivity contribution in [1.29, 1.82) is 0 Å². The van der Waals surface area contributed by atoms with Gasteiger partial charge in [0.25, 0.3) is 5.91 Å². The topological polar surface area (TPSA) is 46.4 Å². The van der Waals surface area contributed by atoms with Gasteiger partial charge in [0.05, 0.1) is 23.0 Å². The molecule has 2 heterocycles. The van der Waals surface area contributed by atoms with Crippen LogP contribution in [-0.2, 0) is 0 Å². The number of benzene rings is 1. The molecule has 1 amide bonds. The number of fused-ring (bicyclic) bond motifs is 1. The Morgan fingerprint density at radius 3 is 3.00 bits per heavy atom. The lowest BCUT2D eigenvalue weighted by Crippen LogP contribution is -2.12. The lowest BCUT2D eigenvalue weighted by Gasteiger charge is -2.06. The summed E-state index contributed by atoms with van der Waals surface area (Å²) in [7, 11) is 0. The Hall–Kier alpha value is -2.21. The van der Waals surface area contributed by atoms with Crippen molar-refractivity contribution in [2.45, 2.75) is 0 Å². The minimum Gasteiger partial charge on any atom is -0.321 e. The molecule has 0 fully saturated rings. The van der Waals surface area contributed by atoms with Gasteiger partial charge in [-0.25, -0.2) is 8.91 Å². The van der Waals surface area contributed by atoms with Crippen LogP contribution in [-0.4, -0.2) is 15.5 Å². The highest BCUT2D eigenvalue weighted by Gasteiger charge is 2.14. The van der Waals surface area contributed by atoms with E-state index >= 15 is 0 Å². The molecule has 100 valence electrons. The van der Waals surface area contributed by atoms with Crippen LogP contribution >= 0.6 is 15.9 Å². The van der Waals surface area contributed by atoms with Gasteiger partial charge in [-0.2, -0.15) is 5.10 Å². The maximum Gasteiger partial charge on any atom is 0.259 e. The molecule has 0 saturated heterocycles. The molecule has 6 heteroatoms. The Kier molecular flexibility index (Phi) is 3.23. The third-order valence-corrected chi connectivity index (χ3v) is 3.54. The van der Waals surface area contributed by atoms with Gasteiger partial charge < -0.3 is 5.32 Å². The summed E-state index contributed by atoms with van der Waals surface area (Å²) in [5.41, 5.74) is 1.50. The highest BCUT2D eigenvalue weighted by atomic mass is 79.9. The van der Waals surface area contributed by atoms with Crippen LogP contribution in [0, 0.1) is 5.82 Å². The number of rotatable bonds is 2. The fourth-order valence-corrected chi connectivity index (χ4v) is 2.24. The van der Waals surface area contributed by atoms with Gasteiger partial charge >= 0.3 is 0 Å². The molecule has 0 atom stereocenters. The number of amides is 1. The van der Waals surface area contributed by atoms with Gasteiger partial charge in [0, 0.05) is 10.7 Å². The summed E-state index contributed by atoms with van der Waals surface area (Å²) in [5, 5.41) is 6.76. The predicted octanol–water partition coefficient (Wildman–Crippen LogP) is 3.49. The summed E-state index contributed by atoms with van der Waals surface area (Å²) < 4.78 is 15.4. The van der Waals surface area contributed by atoms with Crippen molar-refractivity contribution in [3.8, 4) is 0 Å². The van der Waals surface area contributed by atoms with Gasteiger partial charge in [-0.15, -0.1) is 0 Å². The van der Waals surface area contributed by atoms with Crippen molar-refractivity contribution in [1.82, 2.24) is 9.61 Å². The summed E-state index contributed by atoms with van der Waals surface area (Å²) in [5.74, 6) is -0.749. The molecule has 0 radical (unpaired) electrons. The summed E-state index contributed by atoms with van der Waals surface area (Å²) >= 11 is 3.27. The van der Waals surface area contributed by atoms with Crippen LogP contribution in [0.1, 0.15) is 10.4 Å². The van der Waals surface area contributed by atoms with E-state index in [1.165, 1.54) is 18.3 Å². The number of aromatic nitrogens is 2. The maximum atomic E-state index is 13.2. The number of carbonyl (C=O) groups is 1. The first-order valence-corrected chi connectivity index (χ1v) is 6.63. The minimum atomic E-state index is -0.414. The molecule has 1 aromatic carbocycles. The molecule has 20 heavy (non-hydrogen) atoms. The second kappa shape index (κ2) is 5.05. The molecule has 1 N–H and O–H groups in total. The van der Waals surface area contributed by atoms with E-state index in [-0.39, 0.29) is 5.91 Å². The van der Waals surface area contributed by atoms with Crippen LogP contribution in [0.15, 0.2) is 53.3 Å². The van der Waals surface area contributed by atoms with Crippen LogP contribution in [0.2, 0.25) is 0 Å². The Morgan fingerprint density at radius 1 is 1.30 bits per heavy atom. The molecule has 0 aliphatic carbocycles. The van der Waals surface area contributed by atoms with Gasteiger partial charge in [-0.1, -0.05) is 6.07 Å². The van der Waals surface area contributed by atoms with Crippen molar-refractivity contribution in [3.63, 3.8) is 0 Å². The zero-order chi connectivity index (χ0) is 14.1. The van der Waals surface area contributed by atoms with Crippen molar-refractivity contribution in [2.24, 2.45) is 0 Å². The zero-order valence-electron chi connectivity index (χ0n) is 10.2. The smallest absolute Gasteiger partial charge is 0.259 e. The van der Waals surface area contributed by atoms with E-state index in [2.05, 4.69) is 26.3 Å². The second-order valence-electron chi connectivity index (χ2n) is 4.17. The summed E-state index contributed by atoms with van der Waals surface area (Å²) in [4.78, 5) is 12.2. The number of halogens is 2. The standard InChI is InChI=1S/C14H9BrFN3O/c15-11-5-4-9(16)7-12(11)18-14(20)10-8-17-19-6-2-1-3-13(10)19/h1-8H,(H,18,20). The molecule has 0 spiro atoms. The van der Waals surface area contributed by atoms with Crippen LogP contribution < -0.4 is 5.32 Å². The number of pyridine rings is 1. The van der Waals surface area contributed by atoms with Crippen molar-refractivity contribution in [3.05, 3.63) is 64.6 Å². The number of nitrogens with zero attached hydrogens (tertiary/aromatic N) is 2. The Labute approximate surface area is 122 Å². The zero-order valence-corrected chi connectivity index (χ0v) is 11.8. The summed E-state index contributed by atoms with van der Waals surface area (Å²) in [6.07, 6.45) is 3.24. The minimum absolute atomic E-state index is 0.336. The van der Waals surface area contributed by atoms with Crippen molar-refractivity contribution < 1.29 is 9.18 Å². The molecule has 3 rings (SSSR count). The van der Waals surface area contributed by atoms with E-state index in [4.69, 9.17) is 0 Å². The van der Waals surface area contributed by atoms with Crippen molar-refractivity contribution in [2.75, 3.05) is 5.32 Å². The Bertz CT molecular complexity index is 800. The van der Waals surface area contributed by atoms with Gasteiger partial charge in [-0.3, -0.25) is 4.79 Å². The number of hydrogen-bond acceptors (Lipinski definition) is 2. The first-order chi connectivity index (χ1) is 9.65. The maximum absolute atomic E-state index is 13.2. The highest BCUT2D eigenvalue weighted by molar-refractivity contribution is 9.10. The van der Waals surface area contributed by atoms with Gasteiger partial charge in [0.1, 0.15) is 5.82 Å². The van der Waals surface area contributed by atoms with Gasteiger partial charge in [-0.05, 0) is 46.3 Å². The average molecular weight is 334 g/mol. The Morgan fingerprint density at radius 2 is 2.15 bits per heavy atom. The third-order valence-electron chi connectivity index (χ3n) is 2.85. The van der Waals surface area contributed by atoms with Crippen LogP contribution in [0.4, 0.5) is 10.1 Å². The molecule has 0 bridgehead atoms. The predicted molar refractivity (Wildman–Crippen MR) is 77.2 cm³/mol. The lowest BCUT2D eigenvalue weighted by molar-refractivity contribution is 0.102. The summed E-state index contributed by atoms with van der Waals surface area (Å²) in [6.45, 7) is 0. The highest BCUT2D eigenvalue weighted by Crippen LogP contribution is 2.24. The van der Waals surface area contributed by atoms with Gasteiger partial charge in [0.15, 0.2) is 0 Å². The first-order valence-electron chi connectivity index (χ1n) is 5.84. The lowest BCUT2D eigenvalue weighted by atomic mass is 10.2. The molecule has 0 saturated carbocycles. The van der Waals surface area contributed by atoms with E-state index < -0.39 is 5.82 Å². The molecule has 2 aromatic heterocycles. The SMILES string of the molecule is O=C(Nc1cc(F)ccc1Br)c1cnn2ccccc12. The van der Waals surface area contributed by atoms with Crippen LogP contribution in [0.5, 0.6) is 0 Å². The molecular formula is C14H9BrFN3O. The van der Waals surface area contributed by atoms with E-state index in [0.717, 1.165) is 0 Å². The van der Waals surface area contributed by atoms with Crippen LogP contribution in [0.25, 0.3) is 5.52 Å².